The SMILES string of the molecule is CCOC(=O)c1cnc2ccc(/C=C3\SC(=Nc4cc(NC(=O)C5CCC5)ccc4Cl)NC3=O)cc2c1N(C)C.O=C(O)C(F)(F)F. The lowest BCUT2D eigenvalue weighted by molar-refractivity contribution is -0.192. The van der Waals surface area contributed by atoms with E-state index < -0.39 is 18.1 Å². The van der Waals surface area contributed by atoms with E-state index in [1.807, 2.05) is 37.2 Å². The van der Waals surface area contributed by atoms with Crippen molar-refractivity contribution in [3.05, 3.63) is 63.6 Å². The van der Waals surface area contributed by atoms with E-state index in [2.05, 4.69) is 20.6 Å². The number of halogens is 4. The highest BCUT2D eigenvalue weighted by Crippen LogP contribution is 2.35. The molecule has 1 saturated carbocycles. The summed E-state index contributed by atoms with van der Waals surface area (Å²) in [4.78, 5) is 57.8. The highest BCUT2D eigenvalue weighted by atomic mass is 35.5. The zero-order valence-electron chi connectivity index (χ0n) is 25.3. The highest BCUT2D eigenvalue weighted by molar-refractivity contribution is 8.18. The summed E-state index contributed by atoms with van der Waals surface area (Å²) in [6.45, 7) is 2.02. The van der Waals surface area contributed by atoms with Crippen LogP contribution in [-0.2, 0) is 19.1 Å². The number of fused-ring (bicyclic) bond motifs is 1. The van der Waals surface area contributed by atoms with Gasteiger partial charge in [0.25, 0.3) is 5.91 Å². The van der Waals surface area contributed by atoms with Crippen LogP contribution in [0.15, 0.2) is 52.5 Å². The number of nitrogens with one attached hydrogen (secondary N) is 2. The summed E-state index contributed by atoms with van der Waals surface area (Å²) < 4.78 is 37.0. The average molecular weight is 692 g/mol. The smallest absolute Gasteiger partial charge is 0.475 e. The molecule has 5 rings (SSSR count). The number of carbonyl (C=O) groups excluding carboxylic acids is 3. The van der Waals surface area contributed by atoms with Gasteiger partial charge in [-0.15, -0.1) is 0 Å². The van der Waals surface area contributed by atoms with Gasteiger partial charge in [-0.25, -0.2) is 14.6 Å². The van der Waals surface area contributed by atoms with Crippen molar-refractivity contribution in [1.82, 2.24) is 10.3 Å². The second-order valence-electron chi connectivity index (χ2n) is 10.5. The molecule has 3 N–H and O–H groups in total. The van der Waals surface area contributed by atoms with Crippen LogP contribution in [0, 0.1) is 5.92 Å². The maximum atomic E-state index is 12.8. The van der Waals surface area contributed by atoms with Crippen molar-refractivity contribution in [2.45, 2.75) is 32.4 Å². The molecule has 1 saturated heterocycles. The number of nitrogens with zero attached hydrogens (tertiary/aromatic N) is 3. The van der Waals surface area contributed by atoms with E-state index in [1.54, 1.807) is 31.2 Å². The first-order chi connectivity index (χ1) is 22.2. The Morgan fingerprint density at radius 3 is 2.51 bits per heavy atom. The summed E-state index contributed by atoms with van der Waals surface area (Å²) >= 11 is 7.56. The van der Waals surface area contributed by atoms with Crippen LogP contribution in [-0.4, -0.2) is 65.9 Å². The normalized spacial score (nSPS) is 16.3. The van der Waals surface area contributed by atoms with E-state index in [1.165, 1.54) is 18.0 Å². The molecule has 0 spiro atoms. The maximum Gasteiger partial charge on any atom is 0.490 e. The third kappa shape index (κ3) is 8.80. The molecule has 0 unspecified atom stereocenters. The summed E-state index contributed by atoms with van der Waals surface area (Å²) in [5, 5.41) is 14.4. The molecule has 0 bridgehead atoms. The fraction of sp³-hybridized carbons (Fsp3) is 0.290. The van der Waals surface area contributed by atoms with Gasteiger partial charge in [0.05, 0.1) is 33.4 Å². The number of rotatable bonds is 7. The number of alkyl halides is 3. The molecule has 2 heterocycles. The van der Waals surface area contributed by atoms with E-state index >= 15 is 0 Å². The molecule has 2 aromatic carbocycles. The number of aliphatic carboxylic acids is 1. The number of carboxylic acid groups (broad SMARTS) is 1. The first-order valence-corrected chi connectivity index (χ1v) is 15.3. The number of ether oxygens (including phenoxy) is 1. The van der Waals surface area contributed by atoms with Crippen LogP contribution >= 0.6 is 23.4 Å². The molecule has 11 nitrogen and oxygen atoms in total. The van der Waals surface area contributed by atoms with E-state index in [0.29, 0.717) is 43.2 Å². The van der Waals surface area contributed by atoms with Crippen molar-refractivity contribution in [1.29, 1.82) is 0 Å². The molecule has 47 heavy (non-hydrogen) atoms. The fourth-order valence-corrected chi connectivity index (χ4v) is 5.45. The van der Waals surface area contributed by atoms with Gasteiger partial charge in [0.1, 0.15) is 5.56 Å². The molecule has 0 radical (unpaired) electrons. The summed E-state index contributed by atoms with van der Waals surface area (Å²) in [5.74, 6) is -3.44. The lowest BCUT2D eigenvalue weighted by atomic mass is 9.85. The number of thioether (sulfide) groups is 1. The minimum atomic E-state index is -5.08. The molecular weight excluding hydrogens is 663 g/mol. The Kier molecular flexibility index (Phi) is 11.1. The van der Waals surface area contributed by atoms with Gasteiger partial charge in [-0.2, -0.15) is 13.2 Å². The standard InChI is InChI=1S/C29H28ClN5O4S.C2HF3O2/c1-4-39-28(38)20-15-31-22-11-8-16(12-19(22)25(20)35(2)3)13-24-27(37)34-29(40-24)33-23-14-18(9-10-21(23)30)32-26(36)17-6-5-7-17;3-2(4,5)1(6)7/h8-15,17H,4-7H2,1-3H3,(H,32,36)(H,33,34,37);(H,6,7)/b24-13-;. The zero-order valence-corrected chi connectivity index (χ0v) is 26.8. The Labute approximate surface area is 276 Å². The molecule has 2 aliphatic rings. The van der Waals surface area contributed by atoms with Crippen molar-refractivity contribution < 1.29 is 42.2 Å². The predicted octanol–water partition coefficient (Wildman–Crippen LogP) is 6.39. The number of hydrogen-bond donors (Lipinski definition) is 3. The molecular formula is C31H29ClF3N5O6S. The lowest BCUT2D eigenvalue weighted by Crippen LogP contribution is -2.27. The molecule has 248 valence electrons. The van der Waals surface area contributed by atoms with Gasteiger partial charge < -0.3 is 25.4 Å². The van der Waals surface area contributed by atoms with Crippen LogP contribution in [0.2, 0.25) is 5.02 Å². The van der Waals surface area contributed by atoms with Crippen LogP contribution in [0.4, 0.5) is 30.2 Å². The average Bonchev–Trinajstić information content (AvgIpc) is 3.30. The largest absolute Gasteiger partial charge is 0.490 e. The Morgan fingerprint density at radius 2 is 1.91 bits per heavy atom. The zero-order chi connectivity index (χ0) is 34.5. The molecule has 16 heteroatoms. The van der Waals surface area contributed by atoms with Crippen LogP contribution in [0.1, 0.15) is 42.1 Å². The number of aromatic nitrogens is 1. The number of amides is 2. The van der Waals surface area contributed by atoms with Gasteiger partial charge in [-0.3, -0.25) is 14.6 Å². The van der Waals surface area contributed by atoms with E-state index in [-0.39, 0.29) is 24.3 Å². The van der Waals surface area contributed by atoms with Gasteiger partial charge >= 0.3 is 18.1 Å². The summed E-state index contributed by atoms with van der Waals surface area (Å²) in [6, 6.07) is 10.7. The molecule has 3 aromatic rings. The van der Waals surface area contributed by atoms with E-state index in [4.69, 9.17) is 26.2 Å². The summed E-state index contributed by atoms with van der Waals surface area (Å²) in [5.41, 5.74) is 3.58. The van der Waals surface area contributed by atoms with Crippen molar-refractivity contribution in [3.8, 4) is 0 Å². The van der Waals surface area contributed by atoms with Gasteiger partial charge in [0.15, 0.2) is 5.17 Å². The Balaban J connectivity index is 0.000000644. The number of anilines is 2. The van der Waals surface area contributed by atoms with Crippen LogP contribution < -0.4 is 15.5 Å². The number of hydrogen-bond acceptors (Lipinski definition) is 9. The maximum absolute atomic E-state index is 12.8. The molecule has 2 amide bonds. The Bertz CT molecular complexity index is 1790. The second-order valence-corrected chi connectivity index (χ2v) is 11.9. The third-order valence-electron chi connectivity index (χ3n) is 6.91. The quantitative estimate of drug-likeness (QED) is 0.189. The van der Waals surface area contributed by atoms with Gasteiger partial charge in [0, 0.05) is 37.3 Å². The first kappa shape index (κ1) is 35.2. The van der Waals surface area contributed by atoms with Crippen molar-refractivity contribution in [2.24, 2.45) is 10.9 Å². The predicted molar refractivity (Wildman–Crippen MR) is 174 cm³/mol. The monoisotopic (exact) mass is 691 g/mol. The number of amidine groups is 1. The van der Waals surface area contributed by atoms with Crippen molar-refractivity contribution in [3.63, 3.8) is 0 Å². The molecule has 1 aromatic heterocycles. The van der Waals surface area contributed by atoms with Gasteiger partial charge in [-0.05, 0) is 73.5 Å². The highest BCUT2D eigenvalue weighted by Gasteiger charge is 2.38. The van der Waals surface area contributed by atoms with E-state index in [9.17, 15) is 27.6 Å². The molecule has 1 aliphatic carbocycles. The van der Waals surface area contributed by atoms with Crippen molar-refractivity contribution in [2.75, 3.05) is 30.9 Å². The Morgan fingerprint density at radius 1 is 1.21 bits per heavy atom. The summed E-state index contributed by atoms with van der Waals surface area (Å²) in [6.07, 6.45) is 1.09. The van der Waals surface area contributed by atoms with Crippen LogP contribution in [0.25, 0.3) is 17.0 Å². The van der Waals surface area contributed by atoms with Gasteiger partial charge in [-0.1, -0.05) is 24.1 Å². The first-order valence-electron chi connectivity index (χ1n) is 14.1. The minimum absolute atomic E-state index is 0.00155. The number of carboxylic acids is 1. The number of carbonyl (C=O) groups is 4. The molecule has 2 fully saturated rings. The number of aliphatic imine (C=N–C) groups is 1. The second kappa shape index (κ2) is 14.9. The fourth-order valence-electron chi connectivity index (χ4n) is 4.46. The number of pyridine rings is 1. The number of benzene rings is 2. The van der Waals surface area contributed by atoms with Gasteiger partial charge in [0.2, 0.25) is 5.91 Å². The topological polar surface area (TPSA) is 150 Å². The molecule has 1 aliphatic heterocycles. The Hall–Kier alpha value is -4.63. The number of esters is 1. The third-order valence-corrected chi connectivity index (χ3v) is 8.14. The van der Waals surface area contributed by atoms with Crippen LogP contribution in [0.3, 0.4) is 0 Å². The van der Waals surface area contributed by atoms with Crippen molar-refractivity contribution >= 4 is 86.3 Å². The molecule has 0 atom stereocenters. The lowest BCUT2D eigenvalue weighted by Gasteiger charge is -2.24. The van der Waals surface area contributed by atoms with Crippen LogP contribution in [0.5, 0.6) is 0 Å². The minimum Gasteiger partial charge on any atom is -0.475 e. The van der Waals surface area contributed by atoms with E-state index in [0.717, 1.165) is 30.2 Å². The summed E-state index contributed by atoms with van der Waals surface area (Å²) in [7, 11) is 3.70.